The Morgan fingerprint density at radius 1 is 1.00 bits per heavy atom. The topological polar surface area (TPSA) is 20.2 Å². The molecule has 0 aromatic carbocycles. The molecular formula is C26H44O. The van der Waals surface area contributed by atoms with Crippen LogP contribution in [0.4, 0.5) is 0 Å². The molecule has 0 aromatic heterocycles. The summed E-state index contributed by atoms with van der Waals surface area (Å²) in [4.78, 5) is 0. The van der Waals surface area contributed by atoms with Crippen LogP contribution in [-0.2, 0) is 0 Å². The zero-order chi connectivity index (χ0) is 19.4. The molecule has 0 aliphatic heterocycles. The van der Waals surface area contributed by atoms with Crippen LogP contribution in [0, 0.1) is 46.3 Å². The highest BCUT2D eigenvalue weighted by Crippen LogP contribution is 2.68. The van der Waals surface area contributed by atoms with Gasteiger partial charge in [0.2, 0.25) is 0 Å². The van der Waals surface area contributed by atoms with E-state index in [1.807, 2.05) is 0 Å². The fourth-order valence-corrected chi connectivity index (χ4v) is 8.33. The van der Waals surface area contributed by atoms with Gasteiger partial charge in [-0.25, -0.2) is 0 Å². The van der Waals surface area contributed by atoms with Crippen LogP contribution >= 0.6 is 0 Å². The number of aliphatic hydroxyl groups excluding tert-OH is 1. The fourth-order valence-electron chi connectivity index (χ4n) is 8.33. The maximum atomic E-state index is 10.2. The Bertz CT molecular complexity index is 577. The fraction of sp³-hybridized carbons (Fsp3) is 0.923. The van der Waals surface area contributed by atoms with Gasteiger partial charge in [0.15, 0.2) is 0 Å². The van der Waals surface area contributed by atoms with Gasteiger partial charge < -0.3 is 5.11 Å². The molecule has 0 spiro atoms. The predicted octanol–water partition coefficient (Wildman–Crippen LogP) is 7.00. The average Bonchev–Trinajstić information content (AvgIpc) is 3.09. The second kappa shape index (κ2) is 7.19. The van der Waals surface area contributed by atoms with E-state index in [1.54, 1.807) is 5.57 Å². The summed E-state index contributed by atoms with van der Waals surface area (Å²) >= 11 is 0. The van der Waals surface area contributed by atoms with Gasteiger partial charge in [-0.1, -0.05) is 65.5 Å². The molecule has 0 heterocycles. The van der Waals surface area contributed by atoms with E-state index in [9.17, 15) is 5.11 Å². The van der Waals surface area contributed by atoms with Crippen LogP contribution in [0.15, 0.2) is 11.6 Å². The van der Waals surface area contributed by atoms with Gasteiger partial charge in [0.25, 0.3) is 0 Å². The van der Waals surface area contributed by atoms with E-state index in [4.69, 9.17) is 0 Å². The Balaban J connectivity index is 1.49. The van der Waals surface area contributed by atoms with Crippen molar-refractivity contribution in [1.29, 1.82) is 0 Å². The number of aliphatic hydroxyl groups is 1. The molecule has 154 valence electrons. The van der Waals surface area contributed by atoms with Gasteiger partial charge >= 0.3 is 0 Å². The highest BCUT2D eigenvalue weighted by molar-refractivity contribution is 5.30. The van der Waals surface area contributed by atoms with Crippen LogP contribution in [-0.4, -0.2) is 11.2 Å². The lowest BCUT2D eigenvalue weighted by Gasteiger charge is -2.52. The smallest absolute Gasteiger partial charge is 0.0577 e. The molecule has 0 aromatic rings. The van der Waals surface area contributed by atoms with Crippen molar-refractivity contribution in [1.82, 2.24) is 0 Å². The molecule has 4 aliphatic rings. The minimum Gasteiger partial charge on any atom is -0.393 e. The minimum atomic E-state index is -0.0758. The molecule has 1 N–H and O–H groups in total. The van der Waals surface area contributed by atoms with Crippen molar-refractivity contribution in [2.24, 2.45) is 46.3 Å². The Labute approximate surface area is 168 Å². The molecule has 1 nitrogen and oxygen atoms in total. The zero-order valence-corrected chi connectivity index (χ0v) is 18.6. The first kappa shape index (κ1) is 20.0. The van der Waals surface area contributed by atoms with Gasteiger partial charge in [-0.05, 0) is 91.3 Å². The van der Waals surface area contributed by atoms with Crippen LogP contribution in [0.3, 0.4) is 0 Å². The Kier molecular flexibility index (Phi) is 5.32. The number of hydrogen-bond acceptors (Lipinski definition) is 1. The second-order valence-corrected chi connectivity index (χ2v) is 11.8. The quantitative estimate of drug-likeness (QED) is 0.515. The van der Waals surface area contributed by atoms with E-state index in [0.717, 1.165) is 48.3 Å². The first-order chi connectivity index (χ1) is 12.8. The molecular weight excluding hydrogens is 328 g/mol. The zero-order valence-electron chi connectivity index (χ0n) is 18.6. The van der Waals surface area contributed by atoms with Crippen molar-refractivity contribution >= 4 is 0 Å². The van der Waals surface area contributed by atoms with Gasteiger partial charge in [-0.15, -0.1) is 0 Å². The first-order valence-corrected chi connectivity index (χ1v) is 12.1. The van der Waals surface area contributed by atoms with Crippen LogP contribution in [0.5, 0.6) is 0 Å². The Morgan fingerprint density at radius 3 is 2.52 bits per heavy atom. The summed E-state index contributed by atoms with van der Waals surface area (Å²) in [7, 11) is 0. The van der Waals surface area contributed by atoms with Crippen molar-refractivity contribution < 1.29 is 5.11 Å². The summed E-state index contributed by atoms with van der Waals surface area (Å²) < 4.78 is 0. The molecule has 0 saturated heterocycles. The van der Waals surface area contributed by atoms with Gasteiger partial charge in [0.1, 0.15) is 0 Å². The Morgan fingerprint density at radius 2 is 1.78 bits per heavy atom. The van der Waals surface area contributed by atoms with Crippen LogP contribution in [0.2, 0.25) is 0 Å². The SMILES string of the molecule is CC(C)CCC[C@H](C)[C@H]1CC[C@H]2[C@H]3C=C4C[C@@H](O)CC[C@]4(C)[C@@H]3CC[C@]12C. The van der Waals surface area contributed by atoms with E-state index in [0.29, 0.717) is 10.8 Å². The summed E-state index contributed by atoms with van der Waals surface area (Å²) in [5.74, 6) is 5.26. The maximum absolute atomic E-state index is 10.2. The average molecular weight is 373 g/mol. The molecule has 0 radical (unpaired) electrons. The second-order valence-electron chi connectivity index (χ2n) is 11.8. The lowest BCUT2D eigenvalue weighted by molar-refractivity contribution is -0.0191. The highest BCUT2D eigenvalue weighted by Gasteiger charge is 2.60. The highest BCUT2D eigenvalue weighted by atomic mass is 16.3. The van der Waals surface area contributed by atoms with Gasteiger partial charge in [0, 0.05) is 0 Å². The third-order valence-electron chi connectivity index (χ3n) is 9.93. The van der Waals surface area contributed by atoms with Crippen molar-refractivity contribution in [3.63, 3.8) is 0 Å². The number of fused-ring (bicyclic) bond motifs is 5. The van der Waals surface area contributed by atoms with Crippen LogP contribution in [0.1, 0.15) is 98.8 Å². The van der Waals surface area contributed by atoms with Crippen molar-refractivity contribution in [3.8, 4) is 0 Å². The third kappa shape index (κ3) is 3.24. The van der Waals surface area contributed by atoms with Crippen molar-refractivity contribution in [3.05, 3.63) is 11.6 Å². The van der Waals surface area contributed by atoms with Crippen LogP contribution < -0.4 is 0 Å². The lowest BCUT2D eigenvalue weighted by Crippen LogP contribution is -2.45. The summed E-state index contributed by atoms with van der Waals surface area (Å²) in [5.41, 5.74) is 2.61. The van der Waals surface area contributed by atoms with E-state index < -0.39 is 0 Å². The summed E-state index contributed by atoms with van der Waals surface area (Å²) in [6.07, 6.45) is 15.9. The van der Waals surface area contributed by atoms with E-state index in [-0.39, 0.29) is 6.10 Å². The number of hydrogen-bond donors (Lipinski definition) is 1. The molecule has 0 amide bonds. The third-order valence-corrected chi connectivity index (χ3v) is 9.93. The summed E-state index contributed by atoms with van der Waals surface area (Å²) in [5, 5.41) is 10.2. The molecule has 4 rings (SSSR count). The number of allylic oxidation sites excluding steroid dienone is 1. The Hall–Kier alpha value is -0.300. The molecule has 3 fully saturated rings. The van der Waals surface area contributed by atoms with E-state index in [1.165, 1.54) is 51.4 Å². The van der Waals surface area contributed by atoms with Gasteiger partial charge in [0.05, 0.1) is 6.10 Å². The van der Waals surface area contributed by atoms with Gasteiger partial charge in [-0.2, -0.15) is 0 Å². The van der Waals surface area contributed by atoms with E-state index >= 15 is 0 Å². The molecule has 0 unspecified atom stereocenters. The minimum absolute atomic E-state index is 0.0758. The first-order valence-electron chi connectivity index (χ1n) is 12.1. The molecule has 8 atom stereocenters. The normalized spacial score (nSPS) is 47.4. The number of rotatable bonds is 5. The summed E-state index contributed by atoms with van der Waals surface area (Å²) in [6, 6.07) is 0. The monoisotopic (exact) mass is 372 g/mol. The van der Waals surface area contributed by atoms with Crippen LogP contribution in [0.25, 0.3) is 0 Å². The predicted molar refractivity (Wildman–Crippen MR) is 114 cm³/mol. The van der Waals surface area contributed by atoms with E-state index in [2.05, 4.69) is 40.7 Å². The molecule has 4 aliphatic carbocycles. The largest absolute Gasteiger partial charge is 0.393 e. The molecule has 3 saturated carbocycles. The summed E-state index contributed by atoms with van der Waals surface area (Å²) in [6.45, 7) is 12.5. The standard InChI is InChI=1S/C26H44O/c1-17(2)7-6-8-18(3)22-9-10-23-21-16-19-15-20(27)11-13-25(19,4)24(21)12-14-26(22,23)5/h16-18,20-24,27H,6-15H2,1-5H3/t18-,20-,21+,22+,23-,24+,25-,26+/m0/s1. The lowest BCUT2D eigenvalue weighted by atomic mass is 9.53. The maximum Gasteiger partial charge on any atom is 0.0577 e. The molecule has 27 heavy (non-hydrogen) atoms. The van der Waals surface area contributed by atoms with Crippen molar-refractivity contribution in [2.45, 2.75) is 105 Å². The molecule has 0 bridgehead atoms. The van der Waals surface area contributed by atoms with Crippen molar-refractivity contribution in [2.75, 3.05) is 0 Å². The molecule has 1 heteroatoms. The van der Waals surface area contributed by atoms with Gasteiger partial charge in [-0.3, -0.25) is 0 Å².